The molecule has 8 heteroatoms. The first-order chi connectivity index (χ1) is 15.1. The molecule has 8 nitrogen and oxygen atoms in total. The second-order valence-electron chi connectivity index (χ2n) is 7.20. The second kappa shape index (κ2) is 7.81. The van der Waals surface area contributed by atoms with Crippen molar-refractivity contribution in [3.63, 3.8) is 0 Å². The number of hydrogen-bond acceptors (Lipinski definition) is 6. The molecule has 1 unspecified atom stereocenters. The van der Waals surface area contributed by atoms with Gasteiger partial charge in [-0.2, -0.15) is 5.10 Å². The monoisotopic (exact) mass is 419 g/mol. The van der Waals surface area contributed by atoms with E-state index in [1.165, 1.54) is 4.57 Å². The molecule has 4 aromatic rings. The summed E-state index contributed by atoms with van der Waals surface area (Å²) in [7, 11) is 0. The highest BCUT2D eigenvalue weighted by molar-refractivity contribution is 5.66. The normalized spacial score (nSPS) is 13.5. The number of rotatable bonds is 6. The van der Waals surface area contributed by atoms with Crippen LogP contribution in [0.4, 0.5) is 0 Å². The van der Waals surface area contributed by atoms with Crippen LogP contribution >= 0.6 is 0 Å². The predicted octanol–water partition coefficient (Wildman–Crippen LogP) is 3.02. The molecule has 5 rings (SSSR count). The lowest BCUT2D eigenvalue weighted by Gasteiger charge is -2.13. The van der Waals surface area contributed by atoms with Gasteiger partial charge < -0.3 is 23.9 Å². The highest BCUT2D eigenvalue weighted by Gasteiger charge is 2.18. The van der Waals surface area contributed by atoms with E-state index in [1.54, 1.807) is 41.2 Å². The smallest absolute Gasteiger partial charge is 0.276 e. The fraction of sp³-hybridized carbons (Fsp3) is 0.217. The van der Waals surface area contributed by atoms with Crippen molar-refractivity contribution in [2.45, 2.75) is 19.6 Å². The van der Waals surface area contributed by atoms with Crippen molar-refractivity contribution < 1.29 is 19.3 Å². The van der Waals surface area contributed by atoms with E-state index in [4.69, 9.17) is 14.2 Å². The van der Waals surface area contributed by atoms with Crippen molar-refractivity contribution in [1.82, 2.24) is 14.2 Å². The highest BCUT2D eigenvalue weighted by Crippen LogP contribution is 2.34. The Hall–Kier alpha value is -3.78. The highest BCUT2D eigenvalue weighted by atomic mass is 16.7. The Balaban J connectivity index is 1.41. The van der Waals surface area contributed by atoms with Gasteiger partial charge in [0, 0.05) is 18.0 Å². The SMILES string of the molecule is CCOc1ccc(-c2cc3c(=O)n(CC(O)c4ccc5c(c4)OCO5)ccn3n2)cc1. The molecule has 3 heterocycles. The lowest BCUT2D eigenvalue weighted by atomic mass is 10.1. The number of fused-ring (bicyclic) bond motifs is 2. The number of hydrogen-bond donors (Lipinski definition) is 1. The van der Waals surface area contributed by atoms with Crippen LogP contribution in [0.2, 0.25) is 0 Å². The zero-order valence-corrected chi connectivity index (χ0v) is 16.9. The summed E-state index contributed by atoms with van der Waals surface area (Å²) in [5.41, 5.74) is 2.43. The van der Waals surface area contributed by atoms with E-state index in [2.05, 4.69) is 5.10 Å². The first kappa shape index (κ1) is 19.2. The third-order valence-corrected chi connectivity index (χ3v) is 5.22. The first-order valence-electron chi connectivity index (χ1n) is 10.0. The van der Waals surface area contributed by atoms with E-state index in [9.17, 15) is 9.90 Å². The van der Waals surface area contributed by atoms with Crippen molar-refractivity contribution in [3.8, 4) is 28.5 Å². The van der Waals surface area contributed by atoms with Crippen LogP contribution in [0.1, 0.15) is 18.6 Å². The average Bonchev–Trinajstić information content (AvgIpc) is 3.43. The van der Waals surface area contributed by atoms with Gasteiger partial charge in [0.1, 0.15) is 11.3 Å². The van der Waals surface area contributed by atoms with Crippen LogP contribution < -0.4 is 19.8 Å². The number of ether oxygens (including phenoxy) is 3. The molecule has 0 saturated carbocycles. The van der Waals surface area contributed by atoms with E-state index in [0.29, 0.717) is 34.9 Å². The van der Waals surface area contributed by atoms with Gasteiger partial charge in [0.05, 0.1) is 24.9 Å². The number of aliphatic hydroxyl groups is 1. The van der Waals surface area contributed by atoms with Crippen LogP contribution in [0.15, 0.2) is 65.7 Å². The summed E-state index contributed by atoms with van der Waals surface area (Å²) >= 11 is 0. The maximum Gasteiger partial charge on any atom is 0.276 e. The van der Waals surface area contributed by atoms with Gasteiger partial charge in [0.15, 0.2) is 11.5 Å². The molecule has 0 aliphatic carbocycles. The summed E-state index contributed by atoms with van der Waals surface area (Å²) in [6.45, 7) is 2.82. The number of aliphatic hydroxyl groups excluding tert-OH is 1. The Morgan fingerprint density at radius 2 is 1.90 bits per heavy atom. The van der Waals surface area contributed by atoms with Gasteiger partial charge in [-0.1, -0.05) is 6.07 Å². The molecule has 31 heavy (non-hydrogen) atoms. The number of benzene rings is 2. The summed E-state index contributed by atoms with van der Waals surface area (Å²) < 4.78 is 19.2. The molecule has 1 aliphatic rings. The van der Waals surface area contributed by atoms with E-state index in [1.807, 2.05) is 31.2 Å². The minimum atomic E-state index is -0.872. The molecule has 1 atom stereocenters. The van der Waals surface area contributed by atoms with Gasteiger partial charge in [-0.15, -0.1) is 0 Å². The Kier molecular flexibility index (Phi) is 4.83. The lowest BCUT2D eigenvalue weighted by Crippen LogP contribution is -2.24. The third kappa shape index (κ3) is 3.62. The first-order valence-corrected chi connectivity index (χ1v) is 10.0. The van der Waals surface area contributed by atoms with Crippen LogP contribution in [0.25, 0.3) is 16.8 Å². The predicted molar refractivity (Wildman–Crippen MR) is 114 cm³/mol. The van der Waals surface area contributed by atoms with Gasteiger partial charge in [-0.05, 0) is 55.0 Å². The third-order valence-electron chi connectivity index (χ3n) is 5.22. The fourth-order valence-corrected chi connectivity index (χ4v) is 3.61. The van der Waals surface area contributed by atoms with E-state index < -0.39 is 6.10 Å². The van der Waals surface area contributed by atoms with Crippen LogP contribution in [0.5, 0.6) is 17.2 Å². The fourth-order valence-electron chi connectivity index (χ4n) is 3.61. The van der Waals surface area contributed by atoms with Crippen LogP contribution in [-0.2, 0) is 6.54 Å². The maximum atomic E-state index is 13.0. The maximum absolute atomic E-state index is 13.0. The molecule has 0 radical (unpaired) electrons. The van der Waals surface area contributed by atoms with Crippen molar-refractivity contribution in [1.29, 1.82) is 0 Å². The van der Waals surface area contributed by atoms with Gasteiger partial charge in [0.2, 0.25) is 6.79 Å². The Morgan fingerprint density at radius 1 is 1.10 bits per heavy atom. The molecule has 0 spiro atoms. The standard InChI is InChI=1S/C23H21N3O5/c1-2-29-17-6-3-15(4-7-17)18-12-19-23(28)25(9-10-26(19)24-18)13-20(27)16-5-8-21-22(11-16)31-14-30-21/h3-12,20,27H,2,13-14H2,1H3. The molecule has 2 aromatic carbocycles. The average molecular weight is 419 g/mol. The largest absolute Gasteiger partial charge is 0.494 e. The molecular formula is C23H21N3O5. The Morgan fingerprint density at radius 3 is 2.71 bits per heavy atom. The van der Waals surface area contributed by atoms with Gasteiger partial charge >= 0.3 is 0 Å². The zero-order chi connectivity index (χ0) is 21.4. The number of nitrogens with zero attached hydrogens (tertiary/aromatic N) is 3. The van der Waals surface area contributed by atoms with Crippen molar-refractivity contribution in [3.05, 3.63) is 76.8 Å². The topological polar surface area (TPSA) is 87.2 Å². The van der Waals surface area contributed by atoms with Crippen molar-refractivity contribution in [2.75, 3.05) is 13.4 Å². The molecule has 0 fully saturated rings. The van der Waals surface area contributed by atoms with Gasteiger partial charge in [0.25, 0.3) is 5.56 Å². The molecule has 1 N–H and O–H groups in total. The Bertz CT molecular complexity index is 1290. The van der Waals surface area contributed by atoms with Crippen LogP contribution in [0, 0.1) is 0 Å². The Labute approximate surface area is 177 Å². The quantitative estimate of drug-likeness (QED) is 0.517. The van der Waals surface area contributed by atoms with E-state index in [0.717, 1.165) is 11.3 Å². The summed E-state index contributed by atoms with van der Waals surface area (Å²) in [6, 6.07) is 14.6. The number of aromatic nitrogens is 3. The summed E-state index contributed by atoms with van der Waals surface area (Å²) in [5, 5.41) is 15.2. The minimum absolute atomic E-state index is 0.110. The van der Waals surface area contributed by atoms with Gasteiger partial charge in [-0.25, -0.2) is 4.52 Å². The van der Waals surface area contributed by atoms with Crippen LogP contribution in [-0.4, -0.2) is 32.7 Å². The summed E-state index contributed by atoms with van der Waals surface area (Å²) in [4.78, 5) is 13.0. The summed E-state index contributed by atoms with van der Waals surface area (Å²) in [5.74, 6) is 2.03. The van der Waals surface area contributed by atoms with Crippen LogP contribution in [0.3, 0.4) is 0 Å². The molecule has 0 saturated heterocycles. The molecule has 0 bridgehead atoms. The second-order valence-corrected chi connectivity index (χ2v) is 7.20. The molecule has 1 aliphatic heterocycles. The van der Waals surface area contributed by atoms with Crippen molar-refractivity contribution >= 4 is 5.52 Å². The molecule has 158 valence electrons. The molecule has 0 amide bonds. The van der Waals surface area contributed by atoms with E-state index >= 15 is 0 Å². The lowest BCUT2D eigenvalue weighted by molar-refractivity contribution is 0.154. The van der Waals surface area contributed by atoms with E-state index in [-0.39, 0.29) is 18.9 Å². The minimum Gasteiger partial charge on any atom is -0.494 e. The zero-order valence-electron chi connectivity index (χ0n) is 16.9. The van der Waals surface area contributed by atoms with Gasteiger partial charge in [-0.3, -0.25) is 4.79 Å². The molecular weight excluding hydrogens is 398 g/mol. The van der Waals surface area contributed by atoms with Crippen molar-refractivity contribution in [2.24, 2.45) is 0 Å². The molecule has 2 aromatic heterocycles. The summed E-state index contributed by atoms with van der Waals surface area (Å²) in [6.07, 6.45) is 2.46.